The molecule has 0 radical (unpaired) electrons. The molecule has 1 N–H and O–H groups in total. The number of amides is 1. The Morgan fingerprint density at radius 2 is 1.94 bits per heavy atom. The van der Waals surface area contributed by atoms with Gasteiger partial charge in [0, 0.05) is 61.1 Å². The van der Waals surface area contributed by atoms with E-state index in [4.69, 9.17) is 0 Å². The first-order valence-electron chi connectivity index (χ1n) is 12.9. The van der Waals surface area contributed by atoms with Crippen molar-refractivity contribution in [1.82, 2.24) is 19.8 Å². The highest BCUT2D eigenvalue weighted by Gasteiger charge is 2.42. The average Bonchev–Trinajstić information content (AvgIpc) is 3.21. The normalized spacial score (nSPS) is 22.5. The maximum absolute atomic E-state index is 13.4. The first kappa shape index (κ1) is 23.1. The number of hydrogen-bond donors (Lipinski definition) is 1. The van der Waals surface area contributed by atoms with E-state index in [2.05, 4.69) is 84.0 Å². The number of fused-ring (bicyclic) bond motifs is 2. The summed E-state index contributed by atoms with van der Waals surface area (Å²) in [5.41, 5.74) is 5.53. The molecule has 0 bridgehead atoms. The topological polar surface area (TPSA) is 50.2 Å². The van der Waals surface area contributed by atoms with Crippen LogP contribution in [0.5, 0.6) is 0 Å². The van der Waals surface area contributed by atoms with E-state index < -0.39 is 0 Å². The Kier molecular flexibility index (Phi) is 6.24. The van der Waals surface area contributed by atoms with Crippen LogP contribution in [0.4, 0.5) is 0 Å². The first-order chi connectivity index (χ1) is 16.4. The van der Waals surface area contributed by atoms with Crippen molar-refractivity contribution >= 4 is 16.8 Å². The predicted octanol–water partition coefficient (Wildman–Crippen LogP) is 4.79. The molecule has 5 heteroatoms. The highest BCUT2D eigenvalue weighted by Crippen LogP contribution is 2.45. The molecule has 1 aliphatic carbocycles. The van der Waals surface area contributed by atoms with E-state index >= 15 is 0 Å². The lowest BCUT2D eigenvalue weighted by Gasteiger charge is -2.46. The number of carbonyl (C=O) groups is 1. The Bertz CT molecular complexity index is 1170. The highest BCUT2D eigenvalue weighted by atomic mass is 16.1. The summed E-state index contributed by atoms with van der Waals surface area (Å²) in [7, 11) is 0. The molecule has 1 unspecified atom stereocenters. The molecular formula is C29H38N4O. The van der Waals surface area contributed by atoms with Crippen molar-refractivity contribution in [2.24, 2.45) is 11.3 Å². The van der Waals surface area contributed by atoms with Crippen molar-refractivity contribution in [2.45, 2.75) is 65.5 Å². The van der Waals surface area contributed by atoms with Crippen molar-refractivity contribution in [3.63, 3.8) is 0 Å². The maximum Gasteiger partial charge on any atom is 0.224 e. The molecule has 1 aliphatic heterocycles. The zero-order chi connectivity index (χ0) is 23.9. The van der Waals surface area contributed by atoms with Gasteiger partial charge >= 0.3 is 0 Å². The van der Waals surface area contributed by atoms with Gasteiger partial charge in [-0.25, -0.2) is 0 Å². The largest absolute Gasteiger partial charge is 0.355 e. The molecule has 1 saturated heterocycles. The molecule has 1 fully saturated rings. The predicted molar refractivity (Wildman–Crippen MR) is 138 cm³/mol. The van der Waals surface area contributed by atoms with Gasteiger partial charge in [-0.2, -0.15) is 0 Å². The van der Waals surface area contributed by atoms with Crippen molar-refractivity contribution < 1.29 is 4.79 Å². The van der Waals surface area contributed by atoms with Gasteiger partial charge in [0.2, 0.25) is 5.91 Å². The second-order valence-corrected chi connectivity index (χ2v) is 11.0. The van der Waals surface area contributed by atoms with Crippen molar-refractivity contribution in [3.05, 3.63) is 65.6 Å². The van der Waals surface area contributed by atoms with Crippen LogP contribution in [0, 0.1) is 11.3 Å². The van der Waals surface area contributed by atoms with Crippen LogP contribution in [-0.2, 0) is 24.2 Å². The lowest BCUT2D eigenvalue weighted by molar-refractivity contribution is -0.128. The van der Waals surface area contributed by atoms with E-state index in [1.54, 1.807) is 0 Å². The van der Waals surface area contributed by atoms with Crippen LogP contribution in [0.15, 0.2) is 48.9 Å². The van der Waals surface area contributed by atoms with Crippen molar-refractivity contribution in [1.29, 1.82) is 0 Å². The summed E-state index contributed by atoms with van der Waals surface area (Å²) in [5.74, 6) is 0.657. The van der Waals surface area contributed by atoms with Crippen molar-refractivity contribution in [3.8, 4) is 0 Å². The second kappa shape index (κ2) is 9.18. The molecule has 2 aromatic heterocycles. The van der Waals surface area contributed by atoms with Crippen LogP contribution < -0.4 is 5.32 Å². The van der Waals surface area contributed by atoms with Gasteiger partial charge < -0.3 is 9.88 Å². The number of hydrogen-bond acceptors (Lipinski definition) is 3. The lowest BCUT2D eigenvalue weighted by atomic mass is 9.72. The molecule has 180 valence electrons. The maximum atomic E-state index is 13.4. The summed E-state index contributed by atoms with van der Waals surface area (Å²) >= 11 is 0. The number of aryl methyl sites for hydroxylation is 1. The number of benzene rings is 1. The molecule has 0 saturated carbocycles. The van der Waals surface area contributed by atoms with Gasteiger partial charge in [0.1, 0.15) is 0 Å². The Morgan fingerprint density at radius 1 is 1.15 bits per heavy atom. The van der Waals surface area contributed by atoms with Crippen LogP contribution in [0.1, 0.15) is 56.7 Å². The van der Waals surface area contributed by atoms with Crippen LogP contribution >= 0.6 is 0 Å². The number of pyridine rings is 1. The minimum absolute atomic E-state index is 0.00689. The third kappa shape index (κ3) is 4.26. The number of likely N-dealkylation sites (tertiary alicyclic amines) is 1. The smallest absolute Gasteiger partial charge is 0.224 e. The van der Waals surface area contributed by atoms with Crippen LogP contribution in [0.2, 0.25) is 0 Å². The van der Waals surface area contributed by atoms with E-state index in [0.29, 0.717) is 18.5 Å². The number of likely N-dealkylation sites (N-methyl/N-ethyl adjacent to an activating group) is 1. The molecule has 5 rings (SSSR count). The highest BCUT2D eigenvalue weighted by molar-refractivity contribution is 5.89. The first-order valence-corrected chi connectivity index (χ1v) is 12.9. The molecule has 5 nitrogen and oxygen atoms in total. The van der Waals surface area contributed by atoms with E-state index in [1.165, 1.54) is 27.6 Å². The molecule has 1 aromatic carbocycles. The summed E-state index contributed by atoms with van der Waals surface area (Å²) in [4.78, 5) is 20.1. The number of aromatic nitrogens is 2. The molecular weight excluding hydrogens is 420 g/mol. The SMILES string of the molecule is CCN1CC(C(=O)NCC(C)(C)Cc2ccncc2)C[C@@H]2c3cccc4c3c(cn4CC)C[C@H]21. The van der Waals surface area contributed by atoms with E-state index in [0.717, 1.165) is 38.9 Å². The summed E-state index contributed by atoms with van der Waals surface area (Å²) in [5, 5.41) is 4.77. The Balaban J connectivity index is 1.33. The van der Waals surface area contributed by atoms with Crippen LogP contribution in [0.25, 0.3) is 10.9 Å². The number of rotatable bonds is 7. The fourth-order valence-corrected chi connectivity index (χ4v) is 6.38. The third-order valence-corrected chi connectivity index (χ3v) is 8.06. The van der Waals surface area contributed by atoms with Crippen LogP contribution in [-0.4, -0.2) is 46.0 Å². The minimum Gasteiger partial charge on any atom is -0.355 e. The van der Waals surface area contributed by atoms with Crippen molar-refractivity contribution in [2.75, 3.05) is 19.6 Å². The second-order valence-electron chi connectivity index (χ2n) is 11.0. The third-order valence-electron chi connectivity index (χ3n) is 8.06. The summed E-state index contributed by atoms with van der Waals surface area (Å²) in [6, 6.07) is 11.4. The zero-order valence-electron chi connectivity index (χ0n) is 21.1. The van der Waals surface area contributed by atoms with E-state index in [9.17, 15) is 4.79 Å². The van der Waals surface area contributed by atoms with Gasteiger partial charge in [-0.1, -0.05) is 32.9 Å². The van der Waals surface area contributed by atoms with E-state index in [1.807, 2.05) is 12.4 Å². The average molecular weight is 459 g/mol. The zero-order valence-corrected chi connectivity index (χ0v) is 21.1. The van der Waals surface area contributed by atoms with Gasteiger partial charge in [-0.3, -0.25) is 14.7 Å². The minimum atomic E-state index is -0.00689. The molecule has 3 heterocycles. The van der Waals surface area contributed by atoms with Gasteiger partial charge in [0.15, 0.2) is 0 Å². The van der Waals surface area contributed by atoms with Gasteiger partial charge in [-0.05, 0) is 73.0 Å². The molecule has 0 spiro atoms. The number of nitrogens with zero attached hydrogens (tertiary/aromatic N) is 3. The number of piperidine rings is 1. The molecule has 3 atom stereocenters. The summed E-state index contributed by atoms with van der Waals surface area (Å²) in [6.07, 6.45) is 8.99. The lowest BCUT2D eigenvalue weighted by Crippen LogP contribution is -2.53. The number of nitrogens with one attached hydrogen (secondary N) is 1. The Labute approximate surface area is 203 Å². The van der Waals surface area contributed by atoms with E-state index in [-0.39, 0.29) is 17.2 Å². The molecule has 1 amide bonds. The Hall–Kier alpha value is -2.66. The van der Waals surface area contributed by atoms with Crippen LogP contribution in [0.3, 0.4) is 0 Å². The summed E-state index contributed by atoms with van der Waals surface area (Å²) < 4.78 is 2.39. The monoisotopic (exact) mass is 458 g/mol. The fourth-order valence-electron chi connectivity index (χ4n) is 6.38. The standard InChI is InChI=1S/C29H38N4O/c1-5-32-17-21-15-26-24(23-8-7-9-25(32)27(21)23)14-22(18-33(26)6-2)28(34)31-19-29(3,4)16-20-10-12-30-13-11-20/h7-13,17,22,24,26H,5-6,14-16,18-19H2,1-4H3,(H,31,34)/t22?,24-,26-/m1/s1. The fraction of sp³-hybridized carbons (Fsp3) is 0.517. The van der Waals surface area contributed by atoms with Gasteiger partial charge in [0.05, 0.1) is 5.92 Å². The molecule has 34 heavy (non-hydrogen) atoms. The molecule has 3 aromatic rings. The van der Waals surface area contributed by atoms with Gasteiger partial charge in [-0.15, -0.1) is 0 Å². The quantitative estimate of drug-likeness (QED) is 0.554. The summed E-state index contributed by atoms with van der Waals surface area (Å²) in [6.45, 7) is 12.4. The molecule has 2 aliphatic rings. The Morgan fingerprint density at radius 3 is 2.68 bits per heavy atom. The number of carbonyl (C=O) groups excluding carboxylic acids is 1. The van der Waals surface area contributed by atoms with Gasteiger partial charge in [0.25, 0.3) is 0 Å².